The molecule has 14 heavy (non-hydrogen) atoms. The Balaban J connectivity index is 2.65. The minimum Gasteiger partial charge on any atom is -0.383 e. The van der Waals surface area contributed by atoms with Crippen LogP contribution in [0.4, 0.5) is 0 Å². The van der Waals surface area contributed by atoms with Crippen molar-refractivity contribution >= 4 is 0 Å². The van der Waals surface area contributed by atoms with E-state index in [2.05, 4.69) is 63.4 Å². The molecule has 1 N–H and O–H groups in total. The molecular formula is C13H21N. The van der Waals surface area contributed by atoms with Crippen molar-refractivity contribution in [2.24, 2.45) is 5.41 Å². The fourth-order valence-electron chi connectivity index (χ4n) is 1.30. The monoisotopic (exact) mass is 191 g/mol. The zero-order valence-corrected chi connectivity index (χ0v) is 9.67. The Morgan fingerprint density at radius 1 is 1.36 bits per heavy atom. The van der Waals surface area contributed by atoms with Gasteiger partial charge in [0.15, 0.2) is 0 Å². The Morgan fingerprint density at radius 3 is 2.71 bits per heavy atom. The Labute approximate surface area is 87.6 Å². The molecule has 0 amide bonds. The van der Waals surface area contributed by atoms with E-state index < -0.39 is 0 Å². The van der Waals surface area contributed by atoms with E-state index in [1.54, 1.807) is 0 Å². The van der Waals surface area contributed by atoms with Crippen LogP contribution in [0.3, 0.4) is 0 Å². The van der Waals surface area contributed by atoms with Crippen LogP contribution in [0, 0.1) is 5.41 Å². The van der Waals surface area contributed by atoms with Gasteiger partial charge in [-0.05, 0) is 25.5 Å². The van der Waals surface area contributed by atoms with Gasteiger partial charge in [0.1, 0.15) is 0 Å². The molecule has 0 spiro atoms. The Hall–Kier alpha value is -0.980. The molecule has 0 radical (unpaired) electrons. The van der Waals surface area contributed by atoms with Crippen LogP contribution in [0.5, 0.6) is 0 Å². The van der Waals surface area contributed by atoms with Gasteiger partial charge < -0.3 is 5.32 Å². The summed E-state index contributed by atoms with van der Waals surface area (Å²) in [6.45, 7) is 8.81. The molecule has 0 saturated carbocycles. The van der Waals surface area contributed by atoms with Gasteiger partial charge in [0.2, 0.25) is 0 Å². The molecule has 78 valence electrons. The van der Waals surface area contributed by atoms with Gasteiger partial charge >= 0.3 is 0 Å². The third kappa shape index (κ3) is 3.41. The number of hydrogen-bond donors (Lipinski definition) is 1. The highest BCUT2D eigenvalue weighted by Crippen LogP contribution is 2.22. The van der Waals surface area contributed by atoms with Crippen LogP contribution in [0.2, 0.25) is 0 Å². The number of rotatable bonds is 3. The van der Waals surface area contributed by atoms with E-state index in [-0.39, 0.29) is 5.41 Å². The number of hydrogen-bond acceptors (Lipinski definition) is 1. The first kappa shape index (κ1) is 11.1. The second-order valence-electron chi connectivity index (χ2n) is 4.59. The molecular weight excluding hydrogens is 170 g/mol. The summed E-state index contributed by atoms with van der Waals surface area (Å²) in [6, 6.07) is 0.542. The molecule has 0 aromatic rings. The van der Waals surface area contributed by atoms with Gasteiger partial charge in [-0.15, -0.1) is 0 Å². The second-order valence-corrected chi connectivity index (χ2v) is 4.59. The molecule has 1 unspecified atom stereocenters. The van der Waals surface area contributed by atoms with Gasteiger partial charge in [-0.3, -0.25) is 0 Å². The van der Waals surface area contributed by atoms with Crippen LogP contribution in [0.25, 0.3) is 0 Å². The van der Waals surface area contributed by atoms with E-state index in [9.17, 15) is 0 Å². The highest BCUT2D eigenvalue weighted by Gasteiger charge is 2.10. The lowest BCUT2D eigenvalue weighted by atomic mass is 9.93. The van der Waals surface area contributed by atoms with E-state index in [4.69, 9.17) is 0 Å². The molecule has 0 aromatic heterocycles. The van der Waals surface area contributed by atoms with Crippen molar-refractivity contribution in [2.75, 3.05) is 0 Å². The molecule has 1 nitrogen and oxygen atoms in total. The van der Waals surface area contributed by atoms with Gasteiger partial charge in [-0.2, -0.15) is 0 Å². The molecule has 0 aliphatic heterocycles. The maximum absolute atomic E-state index is 3.47. The first-order valence-corrected chi connectivity index (χ1v) is 5.39. The van der Waals surface area contributed by atoms with Gasteiger partial charge in [-0.1, -0.05) is 39.0 Å². The summed E-state index contributed by atoms with van der Waals surface area (Å²) < 4.78 is 0. The lowest BCUT2D eigenvalue weighted by molar-refractivity contribution is 0.600. The summed E-state index contributed by atoms with van der Waals surface area (Å²) in [6.07, 6.45) is 12.0. The van der Waals surface area contributed by atoms with Gasteiger partial charge in [0, 0.05) is 17.2 Å². The molecule has 0 bridgehead atoms. The molecule has 1 rings (SSSR count). The van der Waals surface area contributed by atoms with Crippen LogP contribution in [0.1, 0.15) is 34.1 Å². The molecule has 1 atom stereocenters. The van der Waals surface area contributed by atoms with E-state index in [1.807, 2.05) is 0 Å². The predicted molar refractivity (Wildman–Crippen MR) is 63.0 cm³/mol. The van der Waals surface area contributed by atoms with E-state index in [1.165, 1.54) is 5.70 Å². The summed E-state index contributed by atoms with van der Waals surface area (Å²) in [4.78, 5) is 0. The minimum atomic E-state index is 0.176. The SMILES string of the molecule is CCC(C)NC1=CC=CC(C)(C)C=C1. The summed E-state index contributed by atoms with van der Waals surface area (Å²) >= 11 is 0. The van der Waals surface area contributed by atoms with Crippen molar-refractivity contribution in [3.8, 4) is 0 Å². The van der Waals surface area contributed by atoms with E-state index >= 15 is 0 Å². The van der Waals surface area contributed by atoms with Gasteiger partial charge in [-0.25, -0.2) is 0 Å². The van der Waals surface area contributed by atoms with Crippen molar-refractivity contribution in [3.63, 3.8) is 0 Å². The Kier molecular flexibility index (Phi) is 3.56. The lowest BCUT2D eigenvalue weighted by Gasteiger charge is -2.14. The maximum Gasteiger partial charge on any atom is 0.0339 e. The molecule has 0 fully saturated rings. The smallest absolute Gasteiger partial charge is 0.0339 e. The first-order valence-electron chi connectivity index (χ1n) is 5.39. The zero-order chi connectivity index (χ0) is 10.6. The van der Waals surface area contributed by atoms with Gasteiger partial charge in [0.05, 0.1) is 0 Å². The molecule has 1 aliphatic carbocycles. The number of nitrogens with one attached hydrogen (secondary N) is 1. The van der Waals surface area contributed by atoms with Crippen molar-refractivity contribution in [1.82, 2.24) is 5.32 Å². The average Bonchev–Trinajstić information content (AvgIpc) is 2.28. The standard InChI is InChI=1S/C13H21N/c1-5-11(2)14-12-7-6-9-13(3,4)10-8-12/h6-11,14H,5H2,1-4H3. The molecule has 1 heteroatoms. The topological polar surface area (TPSA) is 12.0 Å². The number of allylic oxidation sites excluding steroid dienone is 5. The Morgan fingerprint density at radius 2 is 2.07 bits per heavy atom. The first-order chi connectivity index (χ1) is 6.53. The quantitative estimate of drug-likeness (QED) is 0.721. The van der Waals surface area contributed by atoms with Crippen molar-refractivity contribution in [1.29, 1.82) is 0 Å². The molecule has 0 saturated heterocycles. The molecule has 0 aromatic carbocycles. The molecule has 0 heterocycles. The largest absolute Gasteiger partial charge is 0.383 e. The van der Waals surface area contributed by atoms with Crippen LogP contribution < -0.4 is 5.32 Å². The zero-order valence-electron chi connectivity index (χ0n) is 9.67. The highest BCUT2D eigenvalue weighted by molar-refractivity contribution is 5.29. The van der Waals surface area contributed by atoms with Crippen LogP contribution in [0.15, 0.2) is 36.1 Å². The second kappa shape index (κ2) is 4.50. The minimum absolute atomic E-state index is 0.176. The molecule has 1 aliphatic rings. The maximum atomic E-state index is 3.47. The summed E-state index contributed by atoms with van der Waals surface area (Å²) in [7, 11) is 0. The summed E-state index contributed by atoms with van der Waals surface area (Å²) in [5, 5.41) is 3.47. The van der Waals surface area contributed by atoms with Crippen molar-refractivity contribution in [3.05, 3.63) is 36.1 Å². The highest BCUT2D eigenvalue weighted by atomic mass is 14.9. The third-order valence-corrected chi connectivity index (χ3v) is 2.52. The van der Waals surface area contributed by atoms with Crippen molar-refractivity contribution < 1.29 is 0 Å². The lowest BCUT2D eigenvalue weighted by Crippen LogP contribution is -2.23. The Bertz CT molecular complexity index is 269. The average molecular weight is 191 g/mol. The van der Waals surface area contributed by atoms with E-state index in [0.29, 0.717) is 6.04 Å². The van der Waals surface area contributed by atoms with Crippen LogP contribution in [-0.2, 0) is 0 Å². The van der Waals surface area contributed by atoms with E-state index in [0.717, 1.165) is 6.42 Å². The fourth-order valence-corrected chi connectivity index (χ4v) is 1.30. The van der Waals surface area contributed by atoms with Crippen LogP contribution >= 0.6 is 0 Å². The predicted octanol–water partition coefficient (Wildman–Crippen LogP) is 3.41. The summed E-state index contributed by atoms with van der Waals surface area (Å²) in [5.41, 5.74) is 1.39. The van der Waals surface area contributed by atoms with Gasteiger partial charge in [0.25, 0.3) is 0 Å². The van der Waals surface area contributed by atoms with Crippen LogP contribution in [-0.4, -0.2) is 6.04 Å². The fraction of sp³-hybridized carbons (Fsp3) is 0.538. The normalized spacial score (nSPS) is 21.3. The third-order valence-electron chi connectivity index (χ3n) is 2.52. The van der Waals surface area contributed by atoms with Crippen molar-refractivity contribution in [2.45, 2.75) is 40.2 Å². The summed E-state index contributed by atoms with van der Waals surface area (Å²) in [5.74, 6) is 0.